The first-order valence-electron chi connectivity index (χ1n) is 11.1. The average Bonchev–Trinajstić information content (AvgIpc) is 3.27. The first kappa shape index (κ1) is 23.5. The van der Waals surface area contributed by atoms with Crippen molar-refractivity contribution in [1.29, 1.82) is 5.26 Å². The number of hydrogen-bond donors (Lipinski definition) is 1. The molecule has 5 heterocycles. The minimum atomic E-state index is -0.351. The van der Waals surface area contributed by atoms with Gasteiger partial charge in [-0.15, -0.1) is 0 Å². The Hall–Kier alpha value is -3.23. The number of amides is 1. The van der Waals surface area contributed by atoms with E-state index in [-0.39, 0.29) is 17.1 Å². The van der Waals surface area contributed by atoms with Crippen molar-refractivity contribution in [2.75, 3.05) is 18.0 Å². The molecule has 4 aromatic rings. The van der Waals surface area contributed by atoms with Crippen molar-refractivity contribution in [3.8, 4) is 17.2 Å². The summed E-state index contributed by atoms with van der Waals surface area (Å²) in [6.07, 6.45) is 8.43. The summed E-state index contributed by atoms with van der Waals surface area (Å²) in [6.45, 7) is 3.57. The Labute approximate surface area is 221 Å². The van der Waals surface area contributed by atoms with E-state index < -0.39 is 0 Å². The maximum atomic E-state index is 12.7. The van der Waals surface area contributed by atoms with Crippen LogP contribution in [0.2, 0.25) is 5.02 Å². The number of nitrogens with one attached hydrogen (secondary N) is 1. The van der Waals surface area contributed by atoms with Gasteiger partial charge in [0.2, 0.25) is 0 Å². The van der Waals surface area contributed by atoms with Crippen LogP contribution in [0.15, 0.2) is 55.1 Å². The number of rotatable bonds is 4. The lowest BCUT2D eigenvalue weighted by molar-refractivity contribution is 0.0886. The highest BCUT2D eigenvalue weighted by molar-refractivity contribution is 14.1. The molecule has 4 aromatic heterocycles. The zero-order chi connectivity index (χ0) is 24.6. The van der Waals surface area contributed by atoms with Gasteiger partial charge in [0.15, 0.2) is 0 Å². The third-order valence-corrected chi connectivity index (χ3v) is 7.23. The number of halogens is 2. The Kier molecular flexibility index (Phi) is 6.34. The molecule has 0 saturated carbocycles. The van der Waals surface area contributed by atoms with Gasteiger partial charge < -0.3 is 10.2 Å². The van der Waals surface area contributed by atoms with Gasteiger partial charge in [0, 0.05) is 51.9 Å². The van der Waals surface area contributed by atoms with Crippen LogP contribution in [0.3, 0.4) is 0 Å². The van der Waals surface area contributed by atoms with E-state index in [9.17, 15) is 10.1 Å². The molecule has 0 aliphatic carbocycles. The number of piperidine rings is 1. The van der Waals surface area contributed by atoms with E-state index >= 15 is 0 Å². The molecule has 0 unspecified atom stereocenters. The Morgan fingerprint density at radius 2 is 2.03 bits per heavy atom. The van der Waals surface area contributed by atoms with Crippen molar-refractivity contribution in [2.24, 2.45) is 0 Å². The molecule has 35 heavy (non-hydrogen) atoms. The average molecular weight is 598 g/mol. The van der Waals surface area contributed by atoms with E-state index in [1.807, 2.05) is 30.6 Å². The van der Waals surface area contributed by atoms with Crippen molar-refractivity contribution < 1.29 is 4.79 Å². The zero-order valence-electron chi connectivity index (χ0n) is 18.9. The van der Waals surface area contributed by atoms with E-state index in [4.69, 9.17) is 16.6 Å². The van der Waals surface area contributed by atoms with Crippen LogP contribution in [-0.2, 0) is 0 Å². The highest BCUT2D eigenvalue weighted by atomic mass is 127. The zero-order valence-corrected chi connectivity index (χ0v) is 21.8. The number of nitrogens with zero attached hydrogens (tertiary/aromatic N) is 6. The highest BCUT2D eigenvalue weighted by Gasteiger charge is 2.33. The quantitative estimate of drug-likeness (QED) is 0.342. The molecule has 176 valence electrons. The predicted molar refractivity (Wildman–Crippen MR) is 142 cm³/mol. The van der Waals surface area contributed by atoms with Crippen molar-refractivity contribution in [1.82, 2.24) is 24.9 Å². The number of hydrogen-bond acceptors (Lipinski definition) is 6. The first-order chi connectivity index (χ1) is 16.9. The minimum absolute atomic E-state index is 0.248. The van der Waals surface area contributed by atoms with Crippen molar-refractivity contribution >= 4 is 51.4 Å². The standard InChI is InChI=1S/C25H21ClIN7O/c1-25(32-24(35)22-20(26)3-2-8-29-22)6-9-33(10-7-25)21-5-4-16(13-30-21)19-11-18(27)15-34-23(19)17(12-28)14-31-34/h2-5,8,11,13-15H,6-7,9-10H2,1H3,(H,32,35). The highest BCUT2D eigenvalue weighted by Crippen LogP contribution is 2.31. The summed E-state index contributed by atoms with van der Waals surface area (Å²) in [5.74, 6) is 0.625. The molecular formula is C25H21ClIN7O. The van der Waals surface area contributed by atoms with Crippen molar-refractivity contribution in [3.63, 3.8) is 0 Å². The molecule has 5 rings (SSSR count). The molecule has 0 radical (unpaired) electrons. The second-order valence-electron chi connectivity index (χ2n) is 8.78. The molecule has 0 aromatic carbocycles. The Bertz CT molecular complexity index is 1450. The molecule has 10 heteroatoms. The van der Waals surface area contributed by atoms with Crippen LogP contribution in [0.5, 0.6) is 0 Å². The lowest BCUT2D eigenvalue weighted by atomic mass is 9.89. The predicted octanol–water partition coefficient (Wildman–Crippen LogP) is 4.71. The summed E-state index contributed by atoms with van der Waals surface area (Å²) < 4.78 is 2.76. The molecule has 1 saturated heterocycles. The smallest absolute Gasteiger partial charge is 0.271 e. The lowest BCUT2D eigenvalue weighted by Gasteiger charge is -2.40. The fraction of sp³-hybridized carbons (Fsp3) is 0.240. The molecule has 1 aliphatic heterocycles. The van der Waals surface area contributed by atoms with Crippen LogP contribution in [0.25, 0.3) is 16.6 Å². The van der Waals surface area contributed by atoms with Crippen LogP contribution in [0, 0.1) is 14.9 Å². The number of anilines is 1. The van der Waals surface area contributed by atoms with Gasteiger partial charge in [-0.05, 0) is 72.7 Å². The van der Waals surface area contributed by atoms with E-state index in [1.54, 1.807) is 29.0 Å². The third kappa shape index (κ3) is 4.68. The fourth-order valence-electron chi connectivity index (χ4n) is 4.36. The van der Waals surface area contributed by atoms with Gasteiger partial charge in [0.25, 0.3) is 5.91 Å². The topological polar surface area (TPSA) is 99.2 Å². The molecule has 0 spiro atoms. The molecule has 0 bridgehead atoms. The van der Waals surface area contributed by atoms with Crippen LogP contribution >= 0.6 is 34.2 Å². The Morgan fingerprint density at radius 1 is 1.23 bits per heavy atom. The summed E-state index contributed by atoms with van der Waals surface area (Å²) in [5.41, 5.74) is 3.06. The number of carbonyl (C=O) groups is 1. The number of carbonyl (C=O) groups excluding carboxylic acids is 1. The van der Waals surface area contributed by atoms with Gasteiger partial charge in [0.1, 0.15) is 17.6 Å². The van der Waals surface area contributed by atoms with E-state index in [0.29, 0.717) is 10.6 Å². The fourth-order valence-corrected chi connectivity index (χ4v) is 5.15. The number of pyridine rings is 3. The number of aromatic nitrogens is 4. The maximum absolute atomic E-state index is 12.7. The van der Waals surface area contributed by atoms with Crippen LogP contribution in [0.1, 0.15) is 35.8 Å². The molecule has 1 aliphatic rings. The van der Waals surface area contributed by atoms with Crippen LogP contribution in [0.4, 0.5) is 5.82 Å². The minimum Gasteiger partial charge on any atom is -0.356 e. The van der Waals surface area contributed by atoms with Crippen molar-refractivity contribution in [2.45, 2.75) is 25.3 Å². The van der Waals surface area contributed by atoms with E-state index in [2.05, 4.69) is 55.9 Å². The maximum Gasteiger partial charge on any atom is 0.271 e. The molecule has 1 amide bonds. The third-order valence-electron chi connectivity index (χ3n) is 6.34. The van der Waals surface area contributed by atoms with Gasteiger partial charge >= 0.3 is 0 Å². The molecule has 1 fully saturated rings. The molecule has 1 N–H and O–H groups in total. The van der Waals surface area contributed by atoms with Gasteiger partial charge in [-0.2, -0.15) is 10.4 Å². The Morgan fingerprint density at radius 3 is 2.71 bits per heavy atom. The second-order valence-corrected chi connectivity index (χ2v) is 10.4. The van der Waals surface area contributed by atoms with Crippen molar-refractivity contribution in [3.05, 3.63) is 75.0 Å². The Balaban J connectivity index is 1.30. The van der Waals surface area contributed by atoms with Gasteiger partial charge in [-0.1, -0.05) is 11.6 Å². The summed E-state index contributed by atoms with van der Waals surface area (Å²) in [7, 11) is 0. The van der Waals surface area contributed by atoms with E-state index in [0.717, 1.165) is 52.0 Å². The molecule has 8 nitrogen and oxygen atoms in total. The largest absolute Gasteiger partial charge is 0.356 e. The summed E-state index contributed by atoms with van der Waals surface area (Å²) in [5, 5.41) is 17.3. The second kappa shape index (κ2) is 9.43. The van der Waals surface area contributed by atoms with Gasteiger partial charge in [-0.3, -0.25) is 4.79 Å². The number of nitriles is 1. The van der Waals surface area contributed by atoms with Gasteiger partial charge in [-0.25, -0.2) is 14.5 Å². The molecule has 0 atom stereocenters. The first-order valence-corrected chi connectivity index (χ1v) is 12.5. The SMILES string of the molecule is CC1(NC(=O)c2ncccc2Cl)CCN(c2ccc(-c3cc(I)cn4ncc(C#N)c34)cn2)CC1. The summed E-state index contributed by atoms with van der Waals surface area (Å²) >= 11 is 8.38. The monoisotopic (exact) mass is 597 g/mol. The van der Waals surface area contributed by atoms with Crippen LogP contribution in [-0.4, -0.2) is 44.1 Å². The van der Waals surface area contributed by atoms with Gasteiger partial charge in [0.05, 0.1) is 22.3 Å². The summed E-state index contributed by atoms with van der Waals surface area (Å²) in [4.78, 5) is 23.7. The molecular weight excluding hydrogens is 577 g/mol. The lowest BCUT2D eigenvalue weighted by Crippen LogP contribution is -2.53. The normalized spacial score (nSPS) is 15.1. The van der Waals surface area contributed by atoms with E-state index in [1.165, 1.54) is 0 Å². The summed E-state index contributed by atoms with van der Waals surface area (Å²) in [6, 6.07) is 11.7. The van der Waals surface area contributed by atoms with Crippen LogP contribution < -0.4 is 10.2 Å². The number of fused-ring (bicyclic) bond motifs is 1.